The Hall–Kier alpha value is -0.990. The molecule has 0 aliphatic rings. The van der Waals surface area contributed by atoms with Crippen LogP contribution in [-0.4, -0.2) is 7.05 Å². The summed E-state index contributed by atoms with van der Waals surface area (Å²) in [4.78, 5) is 1.02. The fourth-order valence-electron chi connectivity index (χ4n) is 1.18. The van der Waals surface area contributed by atoms with E-state index in [2.05, 4.69) is 42.6 Å². The van der Waals surface area contributed by atoms with Gasteiger partial charge < -0.3 is 5.73 Å². The van der Waals surface area contributed by atoms with Gasteiger partial charge in [0.1, 0.15) is 0 Å². The monoisotopic (exact) mass is 191 g/mol. The Kier molecular flexibility index (Phi) is 3.80. The summed E-state index contributed by atoms with van der Waals surface area (Å²) in [6.45, 7) is 0. The van der Waals surface area contributed by atoms with E-state index in [1.165, 1.54) is 17.8 Å². The van der Waals surface area contributed by atoms with E-state index in [-0.39, 0.29) is 0 Å². The molecule has 0 bridgehead atoms. The minimum atomic E-state index is 1.02. The van der Waals surface area contributed by atoms with E-state index in [1.54, 1.807) is 0 Å². The first-order valence-corrected chi connectivity index (χ1v) is 4.56. The zero-order valence-corrected chi connectivity index (χ0v) is 8.46. The van der Waals surface area contributed by atoms with E-state index in [0.717, 1.165) is 4.90 Å². The molecule has 2 aromatic rings. The van der Waals surface area contributed by atoms with Crippen molar-refractivity contribution in [2.75, 3.05) is 7.05 Å². The smallest absolute Gasteiger partial charge is 0.00463 e. The van der Waals surface area contributed by atoms with Crippen molar-refractivity contribution in [2.45, 2.75) is 4.90 Å². The van der Waals surface area contributed by atoms with Crippen molar-refractivity contribution >= 4 is 23.4 Å². The Labute approximate surface area is 84.0 Å². The summed E-state index contributed by atoms with van der Waals surface area (Å²) in [6, 6.07) is 14.4. The lowest BCUT2D eigenvalue weighted by Crippen LogP contribution is -1.70. The molecule has 0 radical (unpaired) electrons. The van der Waals surface area contributed by atoms with Crippen LogP contribution in [0, 0.1) is 0 Å². The highest BCUT2D eigenvalue weighted by atomic mass is 32.1. The van der Waals surface area contributed by atoms with Gasteiger partial charge in [-0.25, -0.2) is 0 Å². The summed E-state index contributed by atoms with van der Waals surface area (Å²) >= 11 is 4.26. The SMILES string of the molecule is CN.Sc1ccc2ccccc2c1. The second-order valence-electron chi connectivity index (χ2n) is 2.53. The predicted molar refractivity (Wildman–Crippen MR) is 61.3 cm³/mol. The summed E-state index contributed by atoms with van der Waals surface area (Å²) in [6.07, 6.45) is 0. The lowest BCUT2D eigenvalue weighted by molar-refractivity contribution is 1.48. The third kappa shape index (κ3) is 2.47. The Balaban J connectivity index is 0.000000396. The van der Waals surface area contributed by atoms with Gasteiger partial charge in [0.2, 0.25) is 0 Å². The van der Waals surface area contributed by atoms with E-state index in [9.17, 15) is 0 Å². The Morgan fingerprint density at radius 1 is 0.923 bits per heavy atom. The third-order valence-electron chi connectivity index (χ3n) is 1.73. The summed E-state index contributed by atoms with van der Waals surface area (Å²) in [5.41, 5.74) is 4.50. The molecule has 68 valence electrons. The Morgan fingerprint density at radius 2 is 1.54 bits per heavy atom. The Bertz CT molecular complexity index is 385. The maximum Gasteiger partial charge on any atom is 0.00463 e. The van der Waals surface area contributed by atoms with Crippen LogP contribution in [0.2, 0.25) is 0 Å². The number of rotatable bonds is 0. The van der Waals surface area contributed by atoms with E-state index < -0.39 is 0 Å². The molecule has 13 heavy (non-hydrogen) atoms. The van der Waals surface area contributed by atoms with Crippen LogP contribution in [0.25, 0.3) is 10.8 Å². The number of thiol groups is 1. The zero-order valence-electron chi connectivity index (χ0n) is 7.57. The number of fused-ring (bicyclic) bond motifs is 1. The topological polar surface area (TPSA) is 26.0 Å². The number of nitrogens with two attached hydrogens (primary N) is 1. The highest BCUT2D eigenvalue weighted by Crippen LogP contribution is 2.17. The maximum atomic E-state index is 4.50. The molecule has 0 heterocycles. The van der Waals surface area contributed by atoms with Crippen LogP contribution in [0.4, 0.5) is 0 Å². The van der Waals surface area contributed by atoms with Crippen LogP contribution in [0.5, 0.6) is 0 Å². The highest BCUT2D eigenvalue weighted by Gasteiger charge is 1.90. The third-order valence-corrected chi connectivity index (χ3v) is 2.01. The molecule has 1 nitrogen and oxygen atoms in total. The molecule has 0 atom stereocenters. The molecule has 0 aliphatic carbocycles. The molecule has 2 N–H and O–H groups in total. The molecule has 0 aromatic heterocycles. The fourth-order valence-corrected chi connectivity index (χ4v) is 1.39. The summed E-state index contributed by atoms with van der Waals surface area (Å²) in [7, 11) is 1.50. The second-order valence-corrected chi connectivity index (χ2v) is 3.05. The van der Waals surface area contributed by atoms with Crippen molar-refractivity contribution in [1.29, 1.82) is 0 Å². The van der Waals surface area contributed by atoms with Crippen molar-refractivity contribution < 1.29 is 0 Å². The molecule has 0 unspecified atom stereocenters. The van der Waals surface area contributed by atoms with Crippen molar-refractivity contribution in [3.63, 3.8) is 0 Å². The average molecular weight is 191 g/mol. The molecule has 0 fully saturated rings. The zero-order chi connectivity index (χ0) is 9.68. The van der Waals surface area contributed by atoms with Gasteiger partial charge in [-0.15, -0.1) is 12.6 Å². The average Bonchev–Trinajstić information content (AvgIpc) is 2.21. The molecule has 0 aliphatic heterocycles. The van der Waals surface area contributed by atoms with Gasteiger partial charge in [-0.3, -0.25) is 0 Å². The van der Waals surface area contributed by atoms with E-state index in [4.69, 9.17) is 0 Å². The van der Waals surface area contributed by atoms with Gasteiger partial charge >= 0.3 is 0 Å². The first-order valence-electron chi connectivity index (χ1n) is 4.12. The van der Waals surface area contributed by atoms with E-state index in [1.807, 2.05) is 18.2 Å². The van der Waals surface area contributed by atoms with E-state index in [0.29, 0.717) is 0 Å². The second kappa shape index (κ2) is 4.90. The van der Waals surface area contributed by atoms with Crippen LogP contribution in [0.3, 0.4) is 0 Å². The van der Waals surface area contributed by atoms with Crippen LogP contribution >= 0.6 is 12.6 Å². The summed E-state index contributed by atoms with van der Waals surface area (Å²) in [5, 5.41) is 2.52. The quantitative estimate of drug-likeness (QED) is 0.615. The number of hydrogen-bond donors (Lipinski definition) is 2. The van der Waals surface area contributed by atoms with Crippen molar-refractivity contribution in [3.05, 3.63) is 42.5 Å². The molecular weight excluding hydrogens is 178 g/mol. The largest absolute Gasteiger partial charge is 0.333 e. The van der Waals surface area contributed by atoms with Crippen molar-refractivity contribution in [2.24, 2.45) is 5.73 Å². The molecule has 0 saturated carbocycles. The van der Waals surface area contributed by atoms with Gasteiger partial charge in [0, 0.05) is 4.90 Å². The maximum absolute atomic E-state index is 4.50. The van der Waals surface area contributed by atoms with Gasteiger partial charge in [0.15, 0.2) is 0 Å². The molecular formula is C11H13NS. The Morgan fingerprint density at radius 3 is 2.23 bits per heavy atom. The lowest BCUT2D eigenvalue weighted by Gasteiger charge is -1.96. The first kappa shape index (κ1) is 10.1. The van der Waals surface area contributed by atoms with Gasteiger partial charge in [-0.1, -0.05) is 30.3 Å². The molecule has 2 heteroatoms. The summed E-state index contributed by atoms with van der Waals surface area (Å²) < 4.78 is 0. The van der Waals surface area contributed by atoms with Gasteiger partial charge in [0.05, 0.1) is 0 Å². The normalized spacial score (nSPS) is 9.15. The first-order chi connectivity index (χ1) is 6.36. The van der Waals surface area contributed by atoms with Gasteiger partial charge in [-0.05, 0) is 30.0 Å². The van der Waals surface area contributed by atoms with E-state index >= 15 is 0 Å². The fraction of sp³-hybridized carbons (Fsp3) is 0.0909. The molecule has 0 amide bonds. The standard InChI is InChI=1S/C10H8S.CH5N/c11-10-6-5-8-3-1-2-4-9(8)7-10;1-2/h1-7,11H;2H2,1H3. The van der Waals surface area contributed by atoms with Crippen molar-refractivity contribution in [1.82, 2.24) is 0 Å². The molecule has 0 spiro atoms. The van der Waals surface area contributed by atoms with Crippen LogP contribution in [-0.2, 0) is 0 Å². The van der Waals surface area contributed by atoms with Crippen LogP contribution in [0.1, 0.15) is 0 Å². The van der Waals surface area contributed by atoms with Crippen molar-refractivity contribution in [3.8, 4) is 0 Å². The molecule has 2 rings (SSSR count). The van der Waals surface area contributed by atoms with Gasteiger partial charge in [-0.2, -0.15) is 0 Å². The van der Waals surface area contributed by atoms with Gasteiger partial charge in [0.25, 0.3) is 0 Å². The van der Waals surface area contributed by atoms with Crippen LogP contribution in [0.15, 0.2) is 47.4 Å². The highest BCUT2D eigenvalue weighted by molar-refractivity contribution is 7.80. The predicted octanol–water partition coefficient (Wildman–Crippen LogP) is 2.70. The minimum absolute atomic E-state index is 1.02. The number of benzene rings is 2. The lowest BCUT2D eigenvalue weighted by atomic mass is 10.1. The summed E-state index contributed by atoms with van der Waals surface area (Å²) in [5.74, 6) is 0. The van der Waals surface area contributed by atoms with Crippen LogP contribution < -0.4 is 5.73 Å². The molecule has 0 saturated heterocycles. The molecule has 2 aromatic carbocycles. The minimum Gasteiger partial charge on any atom is -0.333 e. The number of hydrogen-bond acceptors (Lipinski definition) is 2.